The first-order valence-electron chi connectivity index (χ1n) is 7.61. The molecule has 1 N–H and O–H groups in total. The van der Waals surface area contributed by atoms with Crippen LogP contribution >= 0.6 is 0 Å². The molecular weight excluding hydrogens is 298 g/mol. The van der Waals surface area contributed by atoms with Crippen molar-refractivity contribution in [3.63, 3.8) is 0 Å². The Hall–Kier alpha value is -1.82. The summed E-state index contributed by atoms with van der Waals surface area (Å²) in [7, 11) is -3.57. The maximum absolute atomic E-state index is 12.4. The third-order valence-corrected chi connectivity index (χ3v) is 5.67. The fraction of sp³-hybridized carbons (Fsp3) is 0.438. The molecule has 118 valence electrons. The van der Waals surface area contributed by atoms with Crippen LogP contribution in [0.25, 0.3) is 0 Å². The number of anilines is 1. The maximum Gasteiger partial charge on any atom is 0.262 e. The molecule has 0 saturated heterocycles. The topological polar surface area (TPSA) is 64.0 Å². The Bertz CT molecular complexity index is 757. The number of sulfonamides is 1. The molecule has 22 heavy (non-hydrogen) atoms. The van der Waals surface area contributed by atoms with E-state index in [0.29, 0.717) is 11.7 Å². The number of hydrogen-bond donors (Lipinski definition) is 1. The minimum atomic E-state index is -3.57. The first-order valence-corrected chi connectivity index (χ1v) is 9.09. The molecule has 5 nitrogen and oxygen atoms in total. The quantitative estimate of drug-likeness (QED) is 0.939. The van der Waals surface area contributed by atoms with Gasteiger partial charge in [0.25, 0.3) is 10.0 Å². The SMILES string of the molecule is Cc1ccc(S(=O)(=O)Nc2cnn(C3CCCC3)c2C)cc1. The van der Waals surface area contributed by atoms with E-state index in [9.17, 15) is 8.42 Å². The fourth-order valence-electron chi connectivity index (χ4n) is 2.96. The van der Waals surface area contributed by atoms with E-state index in [1.54, 1.807) is 30.5 Å². The van der Waals surface area contributed by atoms with E-state index in [1.165, 1.54) is 12.8 Å². The van der Waals surface area contributed by atoms with Crippen LogP contribution in [0.3, 0.4) is 0 Å². The Morgan fingerprint density at radius 2 is 1.77 bits per heavy atom. The predicted octanol–water partition coefficient (Wildman–Crippen LogP) is 3.42. The zero-order valence-corrected chi connectivity index (χ0v) is 13.7. The number of aromatic nitrogens is 2. The highest BCUT2D eigenvalue weighted by Gasteiger charge is 2.22. The standard InChI is InChI=1S/C16H21N3O2S/c1-12-7-9-15(10-8-12)22(20,21)18-16-11-17-19(13(16)2)14-5-3-4-6-14/h7-11,14,18H,3-6H2,1-2H3. The number of rotatable bonds is 4. The van der Waals surface area contributed by atoms with Crippen molar-refractivity contribution >= 4 is 15.7 Å². The molecular formula is C16H21N3O2S. The van der Waals surface area contributed by atoms with Crippen molar-refractivity contribution in [2.24, 2.45) is 0 Å². The molecule has 0 amide bonds. The smallest absolute Gasteiger partial charge is 0.262 e. The Morgan fingerprint density at radius 3 is 2.41 bits per heavy atom. The molecule has 0 atom stereocenters. The van der Waals surface area contributed by atoms with Gasteiger partial charge >= 0.3 is 0 Å². The Labute approximate surface area is 131 Å². The molecule has 3 rings (SSSR count). The lowest BCUT2D eigenvalue weighted by Crippen LogP contribution is -2.14. The van der Waals surface area contributed by atoms with Crippen LogP contribution in [-0.2, 0) is 10.0 Å². The number of benzene rings is 1. The lowest BCUT2D eigenvalue weighted by molar-refractivity contribution is 0.457. The Morgan fingerprint density at radius 1 is 1.14 bits per heavy atom. The van der Waals surface area contributed by atoms with Gasteiger partial charge in [0, 0.05) is 0 Å². The van der Waals surface area contributed by atoms with Crippen LogP contribution in [-0.4, -0.2) is 18.2 Å². The second-order valence-electron chi connectivity index (χ2n) is 5.95. The summed E-state index contributed by atoms with van der Waals surface area (Å²) in [6.45, 7) is 3.85. The van der Waals surface area contributed by atoms with E-state index >= 15 is 0 Å². The Balaban J connectivity index is 1.85. The van der Waals surface area contributed by atoms with Crippen LogP contribution in [0.15, 0.2) is 35.4 Å². The molecule has 1 aliphatic carbocycles. The summed E-state index contributed by atoms with van der Waals surface area (Å²) >= 11 is 0. The van der Waals surface area contributed by atoms with Crippen LogP contribution in [0.1, 0.15) is 43.0 Å². The second kappa shape index (κ2) is 5.76. The van der Waals surface area contributed by atoms with E-state index in [4.69, 9.17) is 0 Å². The van der Waals surface area contributed by atoms with Gasteiger partial charge in [-0.2, -0.15) is 5.10 Å². The van der Waals surface area contributed by atoms with Gasteiger partial charge in [0.1, 0.15) is 0 Å². The van der Waals surface area contributed by atoms with Crippen LogP contribution in [0.5, 0.6) is 0 Å². The zero-order valence-electron chi connectivity index (χ0n) is 12.9. The molecule has 1 aliphatic rings. The number of nitrogens with one attached hydrogen (secondary N) is 1. The van der Waals surface area contributed by atoms with Crippen LogP contribution in [0, 0.1) is 13.8 Å². The number of nitrogens with zero attached hydrogens (tertiary/aromatic N) is 2. The van der Waals surface area contributed by atoms with Crippen molar-refractivity contribution in [1.82, 2.24) is 9.78 Å². The molecule has 1 fully saturated rings. The molecule has 1 heterocycles. The molecule has 1 aromatic heterocycles. The summed E-state index contributed by atoms with van der Waals surface area (Å²) in [4.78, 5) is 0.270. The molecule has 0 spiro atoms. The third-order valence-electron chi connectivity index (χ3n) is 4.29. The Kier molecular flexibility index (Phi) is 3.95. The fourth-order valence-corrected chi connectivity index (χ4v) is 4.06. The lowest BCUT2D eigenvalue weighted by Gasteiger charge is -2.13. The van der Waals surface area contributed by atoms with Crippen LogP contribution in [0.4, 0.5) is 5.69 Å². The summed E-state index contributed by atoms with van der Waals surface area (Å²) in [5.74, 6) is 0. The maximum atomic E-state index is 12.4. The molecule has 1 aromatic carbocycles. The average Bonchev–Trinajstić information content (AvgIpc) is 3.10. The molecule has 0 unspecified atom stereocenters. The van der Waals surface area contributed by atoms with Gasteiger partial charge in [-0.25, -0.2) is 8.42 Å². The molecule has 6 heteroatoms. The molecule has 1 saturated carbocycles. The average molecular weight is 319 g/mol. The summed E-state index contributed by atoms with van der Waals surface area (Å²) < 4.78 is 29.5. The van der Waals surface area contributed by atoms with E-state index in [1.807, 2.05) is 18.5 Å². The largest absolute Gasteiger partial charge is 0.276 e. The minimum absolute atomic E-state index is 0.270. The summed E-state index contributed by atoms with van der Waals surface area (Å²) in [5, 5.41) is 4.38. The van der Waals surface area contributed by atoms with Gasteiger partial charge in [0.2, 0.25) is 0 Å². The van der Waals surface area contributed by atoms with Gasteiger partial charge in [0.15, 0.2) is 0 Å². The van der Waals surface area contributed by atoms with E-state index in [0.717, 1.165) is 24.1 Å². The zero-order chi connectivity index (χ0) is 15.7. The summed E-state index contributed by atoms with van der Waals surface area (Å²) in [6.07, 6.45) is 6.28. The highest BCUT2D eigenvalue weighted by molar-refractivity contribution is 7.92. The van der Waals surface area contributed by atoms with Crippen molar-refractivity contribution < 1.29 is 8.42 Å². The van der Waals surface area contributed by atoms with Gasteiger partial charge in [-0.05, 0) is 38.8 Å². The molecule has 0 bridgehead atoms. The highest BCUT2D eigenvalue weighted by Crippen LogP contribution is 2.32. The summed E-state index contributed by atoms with van der Waals surface area (Å²) in [6, 6.07) is 7.23. The monoisotopic (exact) mass is 319 g/mol. The van der Waals surface area contributed by atoms with Crippen molar-refractivity contribution in [2.45, 2.75) is 50.5 Å². The molecule has 2 aromatic rings. The summed E-state index contributed by atoms with van der Waals surface area (Å²) in [5.41, 5.74) is 2.47. The third kappa shape index (κ3) is 2.88. The van der Waals surface area contributed by atoms with Gasteiger partial charge in [0.05, 0.1) is 28.5 Å². The van der Waals surface area contributed by atoms with Crippen molar-refractivity contribution in [3.05, 3.63) is 41.7 Å². The molecule has 0 aliphatic heterocycles. The number of aryl methyl sites for hydroxylation is 1. The predicted molar refractivity (Wildman–Crippen MR) is 86.5 cm³/mol. The van der Waals surface area contributed by atoms with Gasteiger partial charge in [-0.1, -0.05) is 30.5 Å². The van der Waals surface area contributed by atoms with Crippen LogP contribution < -0.4 is 4.72 Å². The van der Waals surface area contributed by atoms with Crippen molar-refractivity contribution in [1.29, 1.82) is 0 Å². The normalized spacial score (nSPS) is 16.1. The molecule has 0 radical (unpaired) electrons. The van der Waals surface area contributed by atoms with Crippen molar-refractivity contribution in [2.75, 3.05) is 4.72 Å². The van der Waals surface area contributed by atoms with Crippen molar-refractivity contribution in [3.8, 4) is 0 Å². The van der Waals surface area contributed by atoms with E-state index < -0.39 is 10.0 Å². The minimum Gasteiger partial charge on any atom is -0.276 e. The highest BCUT2D eigenvalue weighted by atomic mass is 32.2. The lowest BCUT2D eigenvalue weighted by atomic mass is 10.2. The first kappa shape index (κ1) is 15.1. The number of hydrogen-bond acceptors (Lipinski definition) is 3. The van der Waals surface area contributed by atoms with Gasteiger partial charge in [-0.15, -0.1) is 0 Å². The van der Waals surface area contributed by atoms with E-state index in [2.05, 4.69) is 9.82 Å². The first-order chi connectivity index (χ1) is 10.5. The van der Waals surface area contributed by atoms with Gasteiger partial charge in [-0.3, -0.25) is 9.40 Å². The van der Waals surface area contributed by atoms with Gasteiger partial charge < -0.3 is 0 Å². The van der Waals surface area contributed by atoms with E-state index in [-0.39, 0.29) is 4.90 Å². The van der Waals surface area contributed by atoms with Crippen LogP contribution in [0.2, 0.25) is 0 Å². The second-order valence-corrected chi connectivity index (χ2v) is 7.63.